The number of amides is 1. The van der Waals surface area contributed by atoms with Gasteiger partial charge in [0.2, 0.25) is 0 Å². The number of piperazine rings is 1. The molecule has 1 aromatic heterocycles. The number of unbranched alkanes of at least 4 members (excludes halogenated alkanes) is 3. The average Bonchev–Trinajstić information content (AvgIpc) is 3.32. The predicted molar refractivity (Wildman–Crippen MR) is 141 cm³/mol. The molecule has 1 aliphatic heterocycles. The first-order valence-corrected chi connectivity index (χ1v) is 13.1. The summed E-state index contributed by atoms with van der Waals surface area (Å²) in [5.41, 5.74) is 1.13. The zero-order valence-electron chi connectivity index (χ0n) is 21.4. The first-order valence-electron chi connectivity index (χ1n) is 13.1. The first-order chi connectivity index (χ1) is 18.0. The van der Waals surface area contributed by atoms with Gasteiger partial charge in [0.1, 0.15) is 11.6 Å². The second-order valence-electron chi connectivity index (χ2n) is 9.40. The Morgan fingerprint density at radius 3 is 2.57 bits per heavy atom. The van der Waals surface area contributed by atoms with Crippen LogP contribution in [0.4, 0.5) is 15.0 Å². The lowest BCUT2D eigenvalue weighted by molar-refractivity contribution is 0.0974. The summed E-state index contributed by atoms with van der Waals surface area (Å²) in [6.45, 7) is 6.90. The Balaban J connectivity index is 1.21. The Labute approximate surface area is 216 Å². The van der Waals surface area contributed by atoms with E-state index >= 15 is 0 Å². The molecular formula is C28H35FN4O4. The van der Waals surface area contributed by atoms with Gasteiger partial charge in [-0.1, -0.05) is 31.3 Å². The number of Topliss-reactive ketones (excluding diaryl/α,β-unsaturated/α-hetero) is 1. The van der Waals surface area contributed by atoms with Crippen LogP contribution in [0.25, 0.3) is 11.0 Å². The van der Waals surface area contributed by atoms with Gasteiger partial charge < -0.3 is 19.5 Å². The SMILES string of the molecule is CCCCCCNC(=O)Oc1ccc2c(N3CCN(CCCC(=O)c4ccc(F)cc4)CC3)noc2c1. The van der Waals surface area contributed by atoms with Crippen molar-refractivity contribution >= 4 is 28.7 Å². The summed E-state index contributed by atoms with van der Waals surface area (Å²) in [5.74, 6) is 0.911. The second kappa shape index (κ2) is 13.2. The maximum Gasteiger partial charge on any atom is 0.412 e. The van der Waals surface area contributed by atoms with E-state index in [1.807, 2.05) is 6.07 Å². The van der Waals surface area contributed by atoms with E-state index in [0.717, 1.165) is 76.0 Å². The van der Waals surface area contributed by atoms with E-state index in [4.69, 9.17) is 9.26 Å². The van der Waals surface area contributed by atoms with Crippen LogP contribution in [0.2, 0.25) is 0 Å². The first kappa shape index (κ1) is 26.6. The van der Waals surface area contributed by atoms with Gasteiger partial charge >= 0.3 is 6.09 Å². The number of benzene rings is 2. The molecule has 1 amide bonds. The molecule has 198 valence electrons. The summed E-state index contributed by atoms with van der Waals surface area (Å²) < 4.78 is 24.0. The topological polar surface area (TPSA) is 87.9 Å². The van der Waals surface area contributed by atoms with Gasteiger partial charge in [0.25, 0.3) is 0 Å². The van der Waals surface area contributed by atoms with E-state index in [1.165, 1.54) is 24.3 Å². The van der Waals surface area contributed by atoms with Crippen LogP contribution >= 0.6 is 0 Å². The summed E-state index contributed by atoms with van der Waals surface area (Å²) in [5, 5.41) is 7.93. The Morgan fingerprint density at radius 2 is 1.81 bits per heavy atom. The van der Waals surface area contributed by atoms with Crippen LogP contribution in [0.15, 0.2) is 47.0 Å². The number of carbonyl (C=O) groups excluding carboxylic acids is 2. The Kier molecular flexibility index (Phi) is 9.48. The molecule has 1 N–H and O–H groups in total. The van der Waals surface area contributed by atoms with E-state index in [9.17, 15) is 14.0 Å². The number of rotatable bonds is 12. The molecule has 8 nitrogen and oxygen atoms in total. The minimum atomic E-state index is -0.467. The van der Waals surface area contributed by atoms with Crippen molar-refractivity contribution in [2.45, 2.75) is 45.4 Å². The summed E-state index contributed by atoms with van der Waals surface area (Å²) >= 11 is 0. The Bertz CT molecular complexity index is 1170. The molecule has 0 unspecified atom stereocenters. The monoisotopic (exact) mass is 510 g/mol. The third-order valence-electron chi connectivity index (χ3n) is 6.65. The van der Waals surface area contributed by atoms with Crippen LogP contribution in [0.5, 0.6) is 5.75 Å². The minimum absolute atomic E-state index is 0.0421. The number of anilines is 1. The van der Waals surface area contributed by atoms with E-state index < -0.39 is 6.09 Å². The van der Waals surface area contributed by atoms with Gasteiger partial charge in [0.05, 0.1) is 5.39 Å². The molecule has 37 heavy (non-hydrogen) atoms. The van der Waals surface area contributed by atoms with Gasteiger partial charge in [-0.05, 0) is 55.8 Å². The number of ketones is 1. The lowest BCUT2D eigenvalue weighted by Gasteiger charge is -2.34. The average molecular weight is 511 g/mol. The summed E-state index contributed by atoms with van der Waals surface area (Å²) in [7, 11) is 0. The molecule has 0 radical (unpaired) electrons. The number of aromatic nitrogens is 1. The normalized spacial score (nSPS) is 14.2. The number of nitrogens with one attached hydrogen (secondary N) is 1. The van der Waals surface area contributed by atoms with Crippen LogP contribution in [-0.2, 0) is 0 Å². The fourth-order valence-electron chi connectivity index (χ4n) is 4.51. The molecule has 4 rings (SSSR count). The molecule has 3 aromatic rings. The van der Waals surface area contributed by atoms with Crippen molar-refractivity contribution in [1.29, 1.82) is 0 Å². The molecule has 0 atom stereocenters. The van der Waals surface area contributed by atoms with Crippen molar-refractivity contribution in [2.24, 2.45) is 0 Å². The molecule has 9 heteroatoms. The van der Waals surface area contributed by atoms with Gasteiger partial charge in [0, 0.05) is 50.8 Å². The number of ether oxygens (including phenoxy) is 1. The highest BCUT2D eigenvalue weighted by Crippen LogP contribution is 2.30. The van der Waals surface area contributed by atoms with Crippen LogP contribution < -0.4 is 15.0 Å². The Hall–Kier alpha value is -3.46. The second-order valence-corrected chi connectivity index (χ2v) is 9.40. The highest BCUT2D eigenvalue weighted by Gasteiger charge is 2.22. The van der Waals surface area contributed by atoms with E-state index in [2.05, 4.69) is 27.2 Å². The number of halogens is 1. The number of fused-ring (bicyclic) bond motifs is 1. The van der Waals surface area contributed by atoms with Gasteiger partial charge in [-0.25, -0.2) is 9.18 Å². The number of nitrogens with zero attached hydrogens (tertiary/aromatic N) is 3. The predicted octanol–water partition coefficient (Wildman–Crippen LogP) is 5.42. The van der Waals surface area contributed by atoms with Crippen molar-refractivity contribution in [3.8, 4) is 5.75 Å². The summed E-state index contributed by atoms with van der Waals surface area (Å²) in [6, 6.07) is 11.0. The lowest BCUT2D eigenvalue weighted by Crippen LogP contribution is -2.46. The summed E-state index contributed by atoms with van der Waals surface area (Å²) in [6.07, 6.45) is 5.09. The van der Waals surface area contributed by atoms with Crippen LogP contribution in [0.1, 0.15) is 55.8 Å². The standard InChI is InChI=1S/C28H35FN4O4/c1-2-3-4-5-14-30-28(35)36-23-12-13-24-26(20-23)37-31-27(24)33-18-16-32(17-19-33)15-6-7-25(34)21-8-10-22(29)11-9-21/h8-13,20H,2-7,14-19H2,1H3,(H,30,35). The largest absolute Gasteiger partial charge is 0.412 e. The zero-order valence-corrected chi connectivity index (χ0v) is 21.4. The van der Waals surface area contributed by atoms with Crippen molar-refractivity contribution in [3.63, 3.8) is 0 Å². The molecule has 0 saturated carbocycles. The van der Waals surface area contributed by atoms with Crippen molar-refractivity contribution in [3.05, 3.63) is 53.8 Å². The van der Waals surface area contributed by atoms with Gasteiger partial charge in [-0.2, -0.15) is 0 Å². The molecule has 0 aliphatic carbocycles. The highest BCUT2D eigenvalue weighted by molar-refractivity contribution is 5.96. The maximum atomic E-state index is 13.0. The summed E-state index contributed by atoms with van der Waals surface area (Å²) in [4.78, 5) is 28.9. The van der Waals surface area contributed by atoms with Crippen molar-refractivity contribution < 1.29 is 23.2 Å². The molecule has 1 aliphatic rings. The van der Waals surface area contributed by atoms with Crippen molar-refractivity contribution in [2.75, 3.05) is 44.2 Å². The van der Waals surface area contributed by atoms with E-state index in [1.54, 1.807) is 12.1 Å². The van der Waals surface area contributed by atoms with Crippen LogP contribution in [-0.4, -0.2) is 61.2 Å². The lowest BCUT2D eigenvalue weighted by atomic mass is 10.1. The zero-order chi connectivity index (χ0) is 26.0. The number of hydrogen-bond donors (Lipinski definition) is 1. The van der Waals surface area contributed by atoms with Gasteiger partial charge in [-0.15, -0.1) is 0 Å². The van der Waals surface area contributed by atoms with Crippen LogP contribution in [0, 0.1) is 5.82 Å². The number of hydrogen-bond acceptors (Lipinski definition) is 7. The van der Waals surface area contributed by atoms with Crippen molar-refractivity contribution in [1.82, 2.24) is 15.4 Å². The molecular weight excluding hydrogens is 475 g/mol. The minimum Gasteiger partial charge on any atom is -0.410 e. The Morgan fingerprint density at radius 1 is 1.03 bits per heavy atom. The van der Waals surface area contributed by atoms with E-state index in [-0.39, 0.29) is 11.6 Å². The molecule has 1 fully saturated rings. The smallest absolute Gasteiger partial charge is 0.410 e. The number of carbonyl (C=O) groups is 2. The van der Waals surface area contributed by atoms with Gasteiger partial charge in [0.15, 0.2) is 17.2 Å². The fraction of sp³-hybridized carbons (Fsp3) is 0.464. The molecule has 1 saturated heterocycles. The molecule has 2 aromatic carbocycles. The highest BCUT2D eigenvalue weighted by atomic mass is 19.1. The maximum absolute atomic E-state index is 13.0. The van der Waals surface area contributed by atoms with Crippen LogP contribution in [0.3, 0.4) is 0 Å². The quantitative estimate of drug-likeness (QED) is 0.257. The van der Waals surface area contributed by atoms with Gasteiger partial charge in [-0.3, -0.25) is 9.69 Å². The fourth-order valence-corrected chi connectivity index (χ4v) is 4.51. The third-order valence-corrected chi connectivity index (χ3v) is 6.65. The molecule has 2 heterocycles. The third kappa shape index (κ3) is 7.52. The molecule has 0 bridgehead atoms. The van der Waals surface area contributed by atoms with E-state index in [0.29, 0.717) is 29.9 Å². The molecule has 0 spiro atoms.